The van der Waals surface area contributed by atoms with Crippen LogP contribution in [0.1, 0.15) is 0 Å². The summed E-state index contributed by atoms with van der Waals surface area (Å²) in [6, 6.07) is 7.12. The molecule has 4 nitrogen and oxygen atoms in total. The van der Waals surface area contributed by atoms with Crippen molar-refractivity contribution in [1.82, 2.24) is 9.97 Å². The number of nitrogens with two attached hydrogens (primary N) is 1. The highest BCUT2D eigenvalue weighted by atomic mass is 35.5. The number of nitrogen functional groups attached to an aromatic ring is 1. The molecule has 0 bridgehead atoms. The quantitative estimate of drug-likeness (QED) is 0.502. The van der Waals surface area contributed by atoms with Crippen LogP contribution in [0, 0.1) is 0 Å². The van der Waals surface area contributed by atoms with Crippen molar-refractivity contribution >= 4 is 52.0 Å². The number of hydrogen-bond donors (Lipinski definition) is 2. The van der Waals surface area contributed by atoms with Crippen molar-refractivity contribution in [2.24, 2.45) is 0 Å². The summed E-state index contributed by atoms with van der Waals surface area (Å²) in [7, 11) is 0. The first kappa shape index (κ1) is 12.2. The van der Waals surface area contributed by atoms with Gasteiger partial charge in [0.15, 0.2) is 11.0 Å². The van der Waals surface area contributed by atoms with Crippen molar-refractivity contribution in [3.05, 3.63) is 39.7 Å². The fourth-order valence-corrected chi connectivity index (χ4v) is 1.74. The summed E-state index contributed by atoms with van der Waals surface area (Å²) in [5.41, 5.74) is 7.01. The summed E-state index contributed by atoms with van der Waals surface area (Å²) in [5, 5.41) is 3.28. The number of aromatic nitrogens is 2. The predicted molar refractivity (Wildman–Crippen MR) is 71.2 cm³/mol. The van der Waals surface area contributed by atoms with Crippen molar-refractivity contribution in [2.75, 3.05) is 11.1 Å². The summed E-state index contributed by atoms with van der Waals surface area (Å²) >= 11 is 17.4. The highest BCUT2D eigenvalue weighted by molar-refractivity contribution is 6.43. The van der Waals surface area contributed by atoms with Crippen molar-refractivity contribution in [3.8, 4) is 0 Å². The van der Waals surface area contributed by atoms with Gasteiger partial charge in [0.25, 0.3) is 0 Å². The smallest absolute Gasteiger partial charge is 0.225 e. The Labute approximate surface area is 113 Å². The topological polar surface area (TPSA) is 63.8 Å². The molecule has 0 radical (unpaired) electrons. The molecule has 0 aliphatic heterocycles. The molecule has 3 N–H and O–H groups in total. The van der Waals surface area contributed by atoms with Gasteiger partial charge in [-0.1, -0.05) is 29.3 Å². The fourth-order valence-electron chi connectivity index (χ4n) is 1.23. The second kappa shape index (κ2) is 4.96. The van der Waals surface area contributed by atoms with Crippen molar-refractivity contribution < 1.29 is 0 Å². The third-order valence-corrected chi connectivity index (χ3v) is 2.83. The van der Waals surface area contributed by atoms with Gasteiger partial charge in [-0.3, -0.25) is 0 Å². The summed E-state index contributed by atoms with van der Waals surface area (Å²) in [4.78, 5) is 7.66. The molecule has 0 saturated heterocycles. The van der Waals surface area contributed by atoms with E-state index in [4.69, 9.17) is 40.5 Å². The Morgan fingerprint density at radius 2 is 1.88 bits per heavy atom. The third-order valence-electron chi connectivity index (χ3n) is 1.93. The molecule has 2 rings (SSSR count). The lowest BCUT2D eigenvalue weighted by molar-refractivity contribution is 1.17. The summed E-state index contributed by atoms with van der Waals surface area (Å²) in [6.07, 6.45) is 0. The Balaban J connectivity index is 2.36. The van der Waals surface area contributed by atoms with E-state index in [9.17, 15) is 0 Å². The molecule has 0 saturated carbocycles. The minimum atomic E-state index is 0.0193. The maximum absolute atomic E-state index is 5.95. The Kier molecular flexibility index (Phi) is 3.57. The van der Waals surface area contributed by atoms with E-state index in [-0.39, 0.29) is 15.5 Å². The molecule has 88 valence electrons. The SMILES string of the molecule is Nc1cccc(Nc2nc(Cl)nc(Cl)c2Cl)c1. The van der Waals surface area contributed by atoms with Crippen LogP contribution in [-0.4, -0.2) is 9.97 Å². The fraction of sp³-hybridized carbons (Fsp3) is 0. The molecular formula is C10H7Cl3N4. The van der Waals surface area contributed by atoms with Gasteiger partial charge < -0.3 is 11.1 Å². The number of benzene rings is 1. The lowest BCUT2D eigenvalue weighted by Crippen LogP contribution is -1.98. The zero-order chi connectivity index (χ0) is 12.4. The zero-order valence-electron chi connectivity index (χ0n) is 8.42. The van der Waals surface area contributed by atoms with Crippen LogP contribution >= 0.6 is 34.8 Å². The molecule has 1 aromatic carbocycles. The molecule has 0 fully saturated rings. The number of nitrogens with one attached hydrogen (secondary N) is 1. The molecule has 0 spiro atoms. The van der Waals surface area contributed by atoms with Crippen LogP contribution in [0.4, 0.5) is 17.2 Å². The maximum Gasteiger partial charge on any atom is 0.225 e. The van der Waals surface area contributed by atoms with Gasteiger partial charge in [0.05, 0.1) is 0 Å². The molecule has 0 amide bonds. The number of hydrogen-bond acceptors (Lipinski definition) is 4. The van der Waals surface area contributed by atoms with Crippen LogP contribution < -0.4 is 11.1 Å². The van der Waals surface area contributed by atoms with Gasteiger partial charge in [0, 0.05) is 11.4 Å². The van der Waals surface area contributed by atoms with Gasteiger partial charge in [-0.2, -0.15) is 4.98 Å². The van der Waals surface area contributed by atoms with Gasteiger partial charge >= 0.3 is 0 Å². The monoisotopic (exact) mass is 288 g/mol. The maximum atomic E-state index is 5.95. The zero-order valence-corrected chi connectivity index (χ0v) is 10.7. The number of rotatable bonds is 2. The molecule has 0 unspecified atom stereocenters. The summed E-state index contributed by atoms with van der Waals surface area (Å²) in [6.45, 7) is 0. The van der Waals surface area contributed by atoms with Crippen LogP contribution in [0.2, 0.25) is 15.5 Å². The Hall–Kier alpha value is -1.23. The second-order valence-electron chi connectivity index (χ2n) is 3.20. The standard InChI is InChI=1S/C10H7Cl3N4/c11-7-8(12)16-10(13)17-9(7)15-6-3-1-2-5(14)4-6/h1-4H,14H2,(H,15,16,17). The largest absolute Gasteiger partial charge is 0.399 e. The van der Waals surface area contributed by atoms with Gasteiger partial charge in [-0.25, -0.2) is 4.98 Å². The highest BCUT2D eigenvalue weighted by Gasteiger charge is 2.10. The first-order valence-corrected chi connectivity index (χ1v) is 5.71. The highest BCUT2D eigenvalue weighted by Crippen LogP contribution is 2.30. The van der Waals surface area contributed by atoms with E-state index in [0.717, 1.165) is 5.69 Å². The van der Waals surface area contributed by atoms with Gasteiger partial charge in [0.1, 0.15) is 5.02 Å². The Bertz CT molecular complexity index is 559. The van der Waals surface area contributed by atoms with Crippen LogP contribution in [0.25, 0.3) is 0 Å². The van der Waals surface area contributed by atoms with Crippen molar-refractivity contribution in [3.63, 3.8) is 0 Å². The lowest BCUT2D eigenvalue weighted by Gasteiger charge is -2.08. The second-order valence-corrected chi connectivity index (χ2v) is 4.27. The van der Waals surface area contributed by atoms with Crippen LogP contribution in [-0.2, 0) is 0 Å². The Morgan fingerprint density at radius 3 is 2.59 bits per heavy atom. The number of halogens is 3. The first-order chi connectivity index (χ1) is 8.06. The molecule has 0 atom stereocenters. The average molecular weight is 290 g/mol. The molecule has 1 heterocycles. The van der Waals surface area contributed by atoms with Gasteiger partial charge in [0.2, 0.25) is 5.28 Å². The molecule has 7 heteroatoms. The van der Waals surface area contributed by atoms with Gasteiger partial charge in [-0.15, -0.1) is 0 Å². The van der Waals surface area contributed by atoms with Crippen molar-refractivity contribution in [2.45, 2.75) is 0 Å². The number of anilines is 3. The molecule has 1 aromatic heterocycles. The van der Waals surface area contributed by atoms with E-state index in [2.05, 4.69) is 15.3 Å². The summed E-state index contributed by atoms with van der Waals surface area (Å²) < 4.78 is 0. The number of nitrogens with zero attached hydrogens (tertiary/aromatic N) is 2. The van der Waals surface area contributed by atoms with E-state index >= 15 is 0 Å². The minimum absolute atomic E-state index is 0.0193. The molecular weight excluding hydrogens is 282 g/mol. The van der Waals surface area contributed by atoms with E-state index in [0.29, 0.717) is 11.5 Å². The third kappa shape index (κ3) is 2.91. The predicted octanol–water partition coefficient (Wildman–Crippen LogP) is 3.76. The molecule has 17 heavy (non-hydrogen) atoms. The van der Waals surface area contributed by atoms with Crippen LogP contribution in [0.3, 0.4) is 0 Å². The van der Waals surface area contributed by atoms with E-state index in [1.165, 1.54) is 0 Å². The average Bonchev–Trinajstić information content (AvgIpc) is 2.25. The summed E-state index contributed by atoms with van der Waals surface area (Å²) in [5.74, 6) is 0.335. The van der Waals surface area contributed by atoms with E-state index in [1.807, 2.05) is 6.07 Å². The molecule has 0 aliphatic rings. The van der Waals surface area contributed by atoms with Crippen molar-refractivity contribution in [1.29, 1.82) is 0 Å². The first-order valence-electron chi connectivity index (χ1n) is 4.57. The lowest BCUT2D eigenvalue weighted by atomic mass is 10.3. The van der Waals surface area contributed by atoms with Gasteiger partial charge in [-0.05, 0) is 29.8 Å². The van der Waals surface area contributed by atoms with Crippen LogP contribution in [0.5, 0.6) is 0 Å². The van der Waals surface area contributed by atoms with E-state index in [1.54, 1.807) is 18.2 Å². The molecule has 0 aliphatic carbocycles. The normalized spacial score (nSPS) is 10.3. The van der Waals surface area contributed by atoms with Crippen LogP contribution in [0.15, 0.2) is 24.3 Å². The minimum Gasteiger partial charge on any atom is -0.399 e. The van der Waals surface area contributed by atoms with E-state index < -0.39 is 0 Å². The molecule has 2 aromatic rings. The Morgan fingerprint density at radius 1 is 1.12 bits per heavy atom.